The van der Waals surface area contributed by atoms with Crippen LogP contribution in [0.2, 0.25) is 0 Å². The maximum Gasteiger partial charge on any atom is 0.326 e. The molecule has 6 heteroatoms. The number of carboxylic acid groups (broad SMARTS) is 1. The first kappa shape index (κ1) is 15.7. The van der Waals surface area contributed by atoms with Gasteiger partial charge < -0.3 is 19.8 Å². The van der Waals surface area contributed by atoms with E-state index in [1.165, 1.54) is 16.8 Å². The molecular formula is C11H23N3O3. The van der Waals surface area contributed by atoms with Crippen molar-refractivity contribution in [1.29, 1.82) is 0 Å². The minimum atomic E-state index is -0.968. The van der Waals surface area contributed by atoms with Crippen LogP contribution in [-0.4, -0.2) is 79.1 Å². The first-order valence-electron chi connectivity index (χ1n) is 5.66. The summed E-state index contributed by atoms with van der Waals surface area (Å²) >= 11 is 0. The quantitative estimate of drug-likeness (QED) is 0.735. The van der Waals surface area contributed by atoms with E-state index in [-0.39, 0.29) is 6.03 Å². The van der Waals surface area contributed by atoms with Gasteiger partial charge in [0.15, 0.2) is 0 Å². The highest BCUT2D eigenvalue weighted by Crippen LogP contribution is 2.05. The number of hydrogen-bond acceptors (Lipinski definition) is 3. The summed E-state index contributed by atoms with van der Waals surface area (Å²) in [5.74, 6) is -0.968. The number of amides is 2. The van der Waals surface area contributed by atoms with E-state index in [1.807, 2.05) is 19.0 Å². The van der Waals surface area contributed by atoms with Crippen LogP contribution in [0.5, 0.6) is 0 Å². The molecule has 6 nitrogen and oxygen atoms in total. The van der Waals surface area contributed by atoms with Crippen LogP contribution in [0.15, 0.2) is 0 Å². The van der Waals surface area contributed by atoms with Crippen LogP contribution in [0.3, 0.4) is 0 Å². The predicted octanol–water partition coefficient (Wildman–Crippen LogP) is 0.395. The van der Waals surface area contributed by atoms with Crippen LogP contribution in [0.25, 0.3) is 0 Å². The summed E-state index contributed by atoms with van der Waals surface area (Å²) in [7, 11) is 7.05. The Labute approximate surface area is 103 Å². The molecule has 0 fully saturated rings. The molecule has 0 heterocycles. The third-order valence-corrected chi connectivity index (χ3v) is 2.65. The monoisotopic (exact) mass is 245 g/mol. The largest absolute Gasteiger partial charge is 0.480 e. The van der Waals surface area contributed by atoms with Crippen LogP contribution in [0.1, 0.15) is 13.3 Å². The van der Waals surface area contributed by atoms with Gasteiger partial charge in [0, 0.05) is 27.2 Å². The van der Waals surface area contributed by atoms with Gasteiger partial charge >= 0.3 is 12.0 Å². The summed E-state index contributed by atoms with van der Waals surface area (Å²) in [6.45, 7) is 3.08. The lowest BCUT2D eigenvalue weighted by molar-refractivity contribution is -0.142. The van der Waals surface area contributed by atoms with Crippen molar-refractivity contribution in [3.63, 3.8) is 0 Å². The molecule has 0 saturated heterocycles. The van der Waals surface area contributed by atoms with E-state index < -0.39 is 12.0 Å². The Morgan fingerprint density at radius 1 is 1.12 bits per heavy atom. The normalized spacial score (nSPS) is 12.4. The van der Waals surface area contributed by atoms with E-state index >= 15 is 0 Å². The topological polar surface area (TPSA) is 64.1 Å². The van der Waals surface area contributed by atoms with Crippen molar-refractivity contribution >= 4 is 12.0 Å². The van der Waals surface area contributed by atoms with Crippen LogP contribution >= 0.6 is 0 Å². The molecule has 1 unspecified atom stereocenters. The van der Waals surface area contributed by atoms with Crippen molar-refractivity contribution in [3.8, 4) is 0 Å². The van der Waals surface area contributed by atoms with Gasteiger partial charge in [-0.1, -0.05) is 6.92 Å². The number of rotatable bonds is 6. The fourth-order valence-electron chi connectivity index (χ4n) is 1.46. The molecular weight excluding hydrogens is 222 g/mol. The molecule has 0 aliphatic carbocycles. The van der Waals surface area contributed by atoms with Gasteiger partial charge in [-0.25, -0.2) is 9.59 Å². The van der Waals surface area contributed by atoms with Gasteiger partial charge in [-0.3, -0.25) is 0 Å². The summed E-state index contributed by atoms with van der Waals surface area (Å²) in [5.41, 5.74) is 0. The van der Waals surface area contributed by atoms with Gasteiger partial charge in [-0.05, 0) is 20.5 Å². The Balaban J connectivity index is 4.41. The van der Waals surface area contributed by atoms with Gasteiger partial charge in [-0.15, -0.1) is 0 Å². The van der Waals surface area contributed by atoms with E-state index in [9.17, 15) is 9.59 Å². The maximum atomic E-state index is 11.9. The fraction of sp³-hybridized carbons (Fsp3) is 0.818. The van der Waals surface area contributed by atoms with E-state index in [0.29, 0.717) is 13.0 Å². The average Bonchev–Trinajstić information content (AvgIpc) is 2.24. The predicted molar refractivity (Wildman–Crippen MR) is 66.1 cm³/mol. The summed E-state index contributed by atoms with van der Waals surface area (Å²) in [6, 6.07) is -1.02. The molecule has 0 aromatic rings. The van der Waals surface area contributed by atoms with Gasteiger partial charge in [-0.2, -0.15) is 0 Å². The third kappa shape index (κ3) is 5.04. The Hall–Kier alpha value is -1.30. The smallest absolute Gasteiger partial charge is 0.326 e. The standard InChI is InChI=1S/C11H23N3O3/c1-6-9(10(15)16)14(5)11(17)13(4)8-7-12(2)3/h9H,6-8H2,1-5H3,(H,15,16). The van der Waals surface area contributed by atoms with Crippen molar-refractivity contribution < 1.29 is 14.7 Å². The Kier molecular flexibility index (Phi) is 6.57. The Bertz CT molecular complexity index is 269. The number of hydrogen-bond donors (Lipinski definition) is 1. The molecule has 17 heavy (non-hydrogen) atoms. The molecule has 0 bridgehead atoms. The molecule has 0 aliphatic heterocycles. The molecule has 1 N–H and O–H groups in total. The number of urea groups is 1. The molecule has 0 saturated carbocycles. The van der Waals surface area contributed by atoms with Crippen molar-refractivity contribution in [2.75, 3.05) is 41.3 Å². The molecule has 100 valence electrons. The molecule has 1 atom stereocenters. The summed E-state index contributed by atoms with van der Waals surface area (Å²) in [5, 5.41) is 8.97. The summed E-state index contributed by atoms with van der Waals surface area (Å²) < 4.78 is 0. The third-order valence-electron chi connectivity index (χ3n) is 2.65. The minimum absolute atomic E-state index is 0.263. The average molecular weight is 245 g/mol. The van der Waals surface area contributed by atoms with Gasteiger partial charge in [0.1, 0.15) is 6.04 Å². The second kappa shape index (κ2) is 7.11. The van der Waals surface area contributed by atoms with Crippen molar-refractivity contribution in [1.82, 2.24) is 14.7 Å². The number of likely N-dealkylation sites (N-methyl/N-ethyl adjacent to an activating group) is 3. The van der Waals surface area contributed by atoms with E-state index in [1.54, 1.807) is 14.0 Å². The highest BCUT2D eigenvalue weighted by Gasteiger charge is 2.26. The first-order valence-corrected chi connectivity index (χ1v) is 5.66. The zero-order chi connectivity index (χ0) is 13.6. The van der Waals surface area contributed by atoms with E-state index in [4.69, 9.17) is 5.11 Å². The molecule has 0 spiro atoms. The van der Waals surface area contributed by atoms with Crippen molar-refractivity contribution in [3.05, 3.63) is 0 Å². The second-order valence-corrected chi connectivity index (χ2v) is 4.38. The highest BCUT2D eigenvalue weighted by atomic mass is 16.4. The number of aliphatic carboxylic acids is 1. The summed E-state index contributed by atoms with van der Waals surface area (Å²) in [4.78, 5) is 27.7. The van der Waals surface area contributed by atoms with Crippen LogP contribution in [0, 0.1) is 0 Å². The lowest BCUT2D eigenvalue weighted by Crippen LogP contribution is -2.48. The summed E-state index contributed by atoms with van der Waals surface area (Å²) in [6.07, 6.45) is 0.402. The van der Waals surface area contributed by atoms with Crippen molar-refractivity contribution in [2.24, 2.45) is 0 Å². The zero-order valence-corrected chi connectivity index (χ0v) is 11.3. The van der Waals surface area contributed by atoms with Gasteiger partial charge in [0.2, 0.25) is 0 Å². The lowest BCUT2D eigenvalue weighted by atomic mass is 10.2. The zero-order valence-electron chi connectivity index (χ0n) is 11.3. The van der Waals surface area contributed by atoms with Crippen molar-refractivity contribution in [2.45, 2.75) is 19.4 Å². The van der Waals surface area contributed by atoms with E-state index in [0.717, 1.165) is 6.54 Å². The fourth-order valence-corrected chi connectivity index (χ4v) is 1.46. The number of carboxylic acids is 1. The van der Waals surface area contributed by atoms with E-state index in [2.05, 4.69) is 0 Å². The van der Waals surface area contributed by atoms with Gasteiger partial charge in [0.25, 0.3) is 0 Å². The lowest BCUT2D eigenvalue weighted by Gasteiger charge is -2.29. The Morgan fingerprint density at radius 2 is 1.65 bits per heavy atom. The molecule has 0 aliphatic rings. The van der Waals surface area contributed by atoms with Crippen LogP contribution in [-0.2, 0) is 4.79 Å². The molecule has 0 aromatic heterocycles. The molecule has 0 aromatic carbocycles. The minimum Gasteiger partial charge on any atom is -0.480 e. The number of carbonyl (C=O) groups excluding carboxylic acids is 1. The van der Waals surface area contributed by atoms with Crippen LogP contribution in [0.4, 0.5) is 4.79 Å². The molecule has 0 rings (SSSR count). The number of nitrogens with zero attached hydrogens (tertiary/aromatic N) is 3. The highest BCUT2D eigenvalue weighted by molar-refractivity contribution is 5.82. The number of carbonyl (C=O) groups is 2. The molecule has 2 amide bonds. The maximum absolute atomic E-state index is 11.9. The first-order chi connectivity index (χ1) is 7.81. The Morgan fingerprint density at radius 3 is 2.00 bits per heavy atom. The second-order valence-electron chi connectivity index (χ2n) is 4.38. The van der Waals surface area contributed by atoms with Crippen LogP contribution < -0.4 is 0 Å². The molecule has 0 radical (unpaired) electrons. The van der Waals surface area contributed by atoms with Gasteiger partial charge in [0.05, 0.1) is 0 Å². The SMILES string of the molecule is CCC(C(=O)O)N(C)C(=O)N(C)CCN(C)C.